The summed E-state index contributed by atoms with van der Waals surface area (Å²) in [6, 6.07) is 0. The van der Waals surface area contributed by atoms with E-state index in [2.05, 4.69) is 52.8 Å². The van der Waals surface area contributed by atoms with E-state index in [-0.39, 0.29) is 17.7 Å². The van der Waals surface area contributed by atoms with Crippen LogP contribution in [0.15, 0.2) is 17.7 Å². The fraction of sp³-hybridized carbons (Fsp3) is 0.656. The first-order chi connectivity index (χ1) is 16.9. The summed E-state index contributed by atoms with van der Waals surface area (Å²) in [4.78, 5) is 11.6. The van der Waals surface area contributed by atoms with Crippen LogP contribution in [-0.2, 0) is 9.53 Å². The van der Waals surface area contributed by atoms with E-state index in [9.17, 15) is 4.79 Å². The number of allylic oxidation sites excluding steroid dienone is 1. The molecule has 0 bridgehead atoms. The lowest BCUT2D eigenvalue weighted by Gasteiger charge is -2.34. The van der Waals surface area contributed by atoms with E-state index in [1.807, 2.05) is 27.9 Å². The number of esters is 1. The summed E-state index contributed by atoms with van der Waals surface area (Å²) in [6.45, 7) is 18.8. The third kappa shape index (κ3) is 8.50. The van der Waals surface area contributed by atoms with Gasteiger partial charge in [0.15, 0.2) is 0 Å². The molecule has 0 saturated carbocycles. The molecule has 1 aliphatic rings. The van der Waals surface area contributed by atoms with Crippen LogP contribution in [-0.4, -0.2) is 24.8 Å². The average molecular weight is 499 g/mol. The first kappa shape index (κ1) is 30.2. The van der Waals surface area contributed by atoms with E-state index < -0.39 is 0 Å². The molecule has 202 valence electrons. The van der Waals surface area contributed by atoms with E-state index in [1.54, 1.807) is 0 Å². The Morgan fingerprint density at radius 3 is 2.39 bits per heavy atom. The second-order valence-corrected chi connectivity index (χ2v) is 11.6. The van der Waals surface area contributed by atoms with Gasteiger partial charge in [-0.3, -0.25) is 4.79 Å². The van der Waals surface area contributed by atoms with Crippen molar-refractivity contribution >= 4 is 12.0 Å². The number of fused-ring (bicyclic) bond motifs is 1. The number of benzene rings is 1. The van der Waals surface area contributed by atoms with Crippen molar-refractivity contribution in [2.45, 2.75) is 119 Å². The van der Waals surface area contributed by atoms with Crippen molar-refractivity contribution in [1.82, 2.24) is 0 Å². The number of carbonyl (C=O) groups excluding carboxylic acids is 1. The van der Waals surface area contributed by atoms with Crippen LogP contribution >= 0.6 is 0 Å². The van der Waals surface area contributed by atoms with Crippen molar-refractivity contribution in [1.29, 1.82) is 0 Å². The van der Waals surface area contributed by atoms with Crippen molar-refractivity contribution in [3.63, 3.8) is 0 Å². The standard InChI is InChI=1S/C32H50O4/c1-21(2)13-11-14-22(3)19-28(34-10)20-23(4)15-12-17-32(9)18-16-29-26(7)30(35-27(8)33)24(5)25(6)31(29)36-32/h15-16,18,21-22,28H,11-14,17,19-20H2,1-10H3/b23-15+. The zero-order valence-electron chi connectivity index (χ0n) is 24.5. The maximum Gasteiger partial charge on any atom is 0.308 e. The number of methoxy groups -OCH3 is 1. The molecule has 0 N–H and O–H groups in total. The zero-order chi connectivity index (χ0) is 27.0. The smallest absolute Gasteiger partial charge is 0.308 e. The Morgan fingerprint density at radius 1 is 1.08 bits per heavy atom. The molecule has 36 heavy (non-hydrogen) atoms. The van der Waals surface area contributed by atoms with Crippen LogP contribution in [0.4, 0.5) is 0 Å². The van der Waals surface area contributed by atoms with Gasteiger partial charge in [-0.05, 0) is 89.3 Å². The molecule has 3 unspecified atom stereocenters. The topological polar surface area (TPSA) is 44.8 Å². The minimum absolute atomic E-state index is 0.281. The molecule has 1 aromatic rings. The molecule has 0 spiro atoms. The summed E-state index contributed by atoms with van der Waals surface area (Å²) in [7, 11) is 1.84. The second kappa shape index (κ2) is 13.5. The second-order valence-electron chi connectivity index (χ2n) is 11.6. The van der Waals surface area contributed by atoms with Crippen LogP contribution in [0.2, 0.25) is 0 Å². The summed E-state index contributed by atoms with van der Waals surface area (Å²) in [6.07, 6.45) is 14.8. The molecule has 0 radical (unpaired) electrons. The van der Waals surface area contributed by atoms with Gasteiger partial charge in [0.05, 0.1) is 6.10 Å². The van der Waals surface area contributed by atoms with Gasteiger partial charge in [0.25, 0.3) is 0 Å². The molecule has 1 aliphatic heterocycles. The largest absolute Gasteiger partial charge is 0.483 e. The quantitative estimate of drug-likeness (QED) is 0.155. The molecule has 3 atom stereocenters. The Labute approximate surface area is 220 Å². The molecule has 0 saturated heterocycles. The monoisotopic (exact) mass is 498 g/mol. The number of rotatable bonds is 13. The summed E-state index contributed by atoms with van der Waals surface area (Å²) < 4.78 is 17.9. The third-order valence-electron chi connectivity index (χ3n) is 7.58. The number of carbonyl (C=O) groups is 1. The molecule has 0 aromatic heterocycles. The minimum Gasteiger partial charge on any atom is -0.483 e. The van der Waals surface area contributed by atoms with Gasteiger partial charge < -0.3 is 14.2 Å². The first-order valence-corrected chi connectivity index (χ1v) is 13.8. The van der Waals surface area contributed by atoms with Crippen LogP contribution in [0.3, 0.4) is 0 Å². The highest BCUT2D eigenvalue weighted by atomic mass is 16.5. The SMILES string of the molecule is COC(C/C(C)=C/CCC1(C)C=Cc2c(C)c(OC(C)=O)c(C)c(C)c2O1)CC(C)CCCC(C)C. The van der Waals surface area contributed by atoms with Crippen LogP contribution in [0, 0.1) is 32.6 Å². The first-order valence-electron chi connectivity index (χ1n) is 13.8. The van der Waals surface area contributed by atoms with Crippen LogP contribution < -0.4 is 9.47 Å². The normalized spacial score (nSPS) is 19.1. The molecule has 2 rings (SSSR count). The average Bonchev–Trinajstić information content (AvgIpc) is 2.79. The summed E-state index contributed by atoms with van der Waals surface area (Å²) >= 11 is 0. The minimum atomic E-state index is -0.373. The van der Waals surface area contributed by atoms with E-state index >= 15 is 0 Å². The van der Waals surface area contributed by atoms with E-state index in [0.29, 0.717) is 11.7 Å². The number of hydrogen-bond donors (Lipinski definition) is 0. The third-order valence-corrected chi connectivity index (χ3v) is 7.58. The molecule has 1 aromatic carbocycles. The maximum absolute atomic E-state index is 11.6. The van der Waals surface area contributed by atoms with Gasteiger partial charge in [-0.1, -0.05) is 57.8 Å². The van der Waals surface area contributed by atoms with E-state index in [1.165, 1.54) is 31.8 Å². The fourth-order valence-electron chi connectivity index (χ4n) is 5.16. The number of hydrogen-bond acceptors (Lipinski definition) is 4. The van der Waals surface area contributed by atoms with E-state index in [0.717, 1.165) is 59.6 Å². The molecule has 4 nitrogen and oxygen atoms in total. The lowest BCUT2D eigenvalue weighted by atomic mass is 9.89. The predicted molar refractivity (Wildman–Crippen MR) is 151 cm³/mol. The summed E-state index contributed by atoms with van der Waals surface area (Å²) in [5.74, 6) is 2.73. The Morgan fingerprint density at radius 2 is 1.78 bits per heavy atom. The molecule has 0 amide bonds. The molecular formula is C32H50O4. The van der Waals surface area contributed by atoms with Crippen molar-refractivity contribution in [2.24, 2.45) is 11.8 Å². The Balaban J connectivity index is 1.98. The van der Waals surface area contributed by atoms with Crippen LogP contribution in [0.25, 0.3) is 6.08 Å². The highest BCUT2D eigenvalue weighted by Crippen LogP contribution is 2.43. The molecule has 0 fully saturated rings. The van der Waals surface area contributed by atoms with Gasteiger partial charge in [-0.15, -0.1) is 0 Å². The molecule has 1 heterocycles. The van der Waals surface area contributed by atoms with Gasteiger partial charge in [0, 0.05) is 25.2 Å². The fourth-order valence-corrected chi connectivity index (χ4v) is 5.16. The van der Waals surface area contributed by atoms with Crippen LogP contribution in [0.1, 0.15) is 109 Å². The van der Waals surface area contributed by atoms with Gasteiger partial charge in [0.2, 0.25) is 0 Å². The predicted octanol–water partition coefficient (Wildman–Crippen LogP) is 8.69. The number of ether oxygens (including phenoxy) is 3. The molecule has 0 aliphatic carbocycles. The van der Waals surface area contributed by atoms with Gasteiger partial charge in [-0.25, -0.2) is 0 Å². The van der Waals surface area contributed by atoms with Gasteiger partial charge >= 0.3 is 5.97 Å². The molecular weight excluding hydrogens is 448 g/mol. The Kier molecular flexibility index (Phi) is 11.3. The maximum atomic E-state index is 11.6. The highest BCUT2D eigenvalue weighted by Gasteiger charge is 2.31. The van der Waals surface area contributed by atoms with Crippen molar-refractivity contribution in [3.8, 4) is 11.5 Å². The van der Waals surface area contributed by atoms with Gasteiger partial charge in [0.1, 0.15) is 17.1 Å². The van der Waals surface area contributed by atoms with Crippen molar-refractivity contribution in [3.05, 3.63) is 40.0 Å². The Bertz CT molecular complexity index is 956. The zero-order valence-corrected chi connectivity index (χ0v) is 24.5. The summed E-state index contributed by atoms with van der Waals surface area (Å²) in [5.41, 5.74) is 4.94. The summed E-state index contributed by atoms with van der Waals surface area (Å²) in [5, 5.41) is 0. The molecule has 4 heteroatoms. The van der Waals surface area contributed by atoms with Gasteiger partial charge in [-0.2, -0.15) is 0 Å². The van der Waals surface area contributed by atoms with Crippen molar-refractivity contribution in [2.75, 3.05) is 7.11 Å². The van der Waals surface area contributed by atoms with Crippen LogP contribution in [0.5, 0.6) is 11.5 Å². The lowest BCUT2D eigenvalue weighted by Crippen LogP contribution is -2.32. The van der Waals surface area contributed by atoms with E-state index in [4.69, 9.17) is 14.2 Å². The Hall–Kier alpha value is -2.07. The highest BCUT2D eigenvalue weighted by molar-refractivity contribution is 5.76. The van der Waals surface area contributed by atoms with Crippen molar-refractivity contribution < 1.29 is 19.0 Å². The lowest BCUT2D eigenvalue weighted by molar-refractivity contribution is -0.132.